The lowest BCUT2D eigenvalue weighted by molar-refractivity contribution is -0.126. The highest BCUT2D eigenvalue weighted by Crippen LogP contribution is 2.39. The molecule has 0 unspecified atom stereocenters. The molecular weight excluding hydrogens is 352 g/mol. The van der Waals surface area contributed by atoms with Crippen molar-refractivity contribution in [1.82, 2.24) is 5.32 Å². The molecule has 5 nitrogen and oxygen atoms in total. The number of carbonyl (C=O) groups excluding carboxylic acids is 2. The van der Waals surface area contributed by atoms with Gasteiger partial charge in [-0.3, -0.25) is 9.59 Å². The van der Waals surface area contributed by atoms with E-state index in [1.165, 1.54) is 6.92 Å². The van der Waals surface area contributed by atoms with Gasteiger partial charge >= 0.3 is 0 Å². The van der Waals surface area contributed by atoms with Gasteiger partial charge in [0.2, 0.25) is 5.91 Å². The van der Waals surface area contributed by atoms with E-state index in [2.05, 4.69) is 11.9 Å². The van der Waals surface area contributed by atoms with Crippen LogP contribution < -0.4 is 15.0 Å². The molecule has 1 aliphatic rings. The van der Waals surface area contributed by atoms with Crippen LogP contribution in [-0.4, -0.2) is 18.4 Å². The van der Waals surface area contributed by atoms with Crippen molar-refractivity contribution in [3.05, 3.63) is 71.3 Å². The standard InChI is InChI=1S/C20H19ClN2O3/c1-3-10-26-18-7-5-4-6-14(18)12-23-17-9-8-15(21)11-16(17)19(20(23)25)22-13(2)24/h3-9,11,19H,1,10,12H2,2H3,(H,22,24)/t19-/m1/s1. The predicted molar refractivity (Wildman–Crippen MR) is 101 cm³/mol. The lowest BCUT2D eigenvalue weighted by Crippen LogP contribution is -2.36. The van der Waals surface area contributed by atoms with E-state index in [4.69, 9.17) is 16.3 Å². The maximum atomic E-state index is 13.0. The molecule has 1 heterocycles. The second-order valence-electron chi connectivity index (χ2n) is 5.97. The zero-order chi connectivity index (χ0) is 18.7. The van der Waals surface area contributed by atoms with Crippen LogP contribution in [0.1, 0.15) is 24.1 Å². The van der Waals surface area contributed by atoms with Crippen LogP contribution in [0, 0.1) is 0 Å². The Morgan fingerprint density at radius 2 is 2.12 bits per heavy atom. The Balaban J connectivity index is 1.95. The van der Waals surface area contributed by atoms with Gasteiger partial charge in [0.1, 0.15) is 18.4 Å². The number of fused-ring (bicyclic) bond motifs is 1. The Kier molecular flexibility index (Phi) is 5.28. The Bertz CT molecular complexity index is 866. The van der Waals surface area contributed by atoms with E-state index < -0.39 is 6.04 Å². The fraction of sp³-hybridized carbons (Fsp3) is 0.200. The van der Waals surface area contributed by atoms with Crippen molar-refractivity contribution in [2.45, 2.75) is 19.5 Å². The van der Waals surface area contributed by atoms with E-state index in [9.17, 15) is 9.59 Å². The van der Waals surface area contributed by atoms with Crippen LogP contribution >= 0.6 is 11.6 Å². The number of para-hydroxylation sites is 1. The number of nitrogens with one attached hydrogen (secondary N) is 1. The van der Waals surface area contributed by atoms with Crippen molar-refractivity contribution in [3.63, 3.8) is 0 Å². The molecule has 2 aromatic carbocycles. The Labute approximate surface area is 157 Å². The quantitative estimate of drug-likeness (QED) is 0.790. The highest BCUT2D eigenvalue weighted by atomic mass is 35.5. The molecule has 2 aromatic rings. The molecule has 2 amide bonds. The number of rotatable bonds is 6. The summed E-state index contributed by atoms with van der Waals surface area (Å²) in [4.78, 5) is 26.1. The number of ether oxygens (including phenoxy) is 1. The molecule has 1 aliphatic heterocycles. The first-order valence-electron chi connectivity index (χ1n) is 8.20. The highest BCUT2D eigenvalue weighted by molar-refractivity contribution is 6.31. The van der Waals surface area contributed by atoms with Gasteiger partial charge in [-0.1, -0.05) is 42.5 Å². The van der Waals surface area contributed by atoms with Crippen LogP contribution in [0.5, 0.6) is 5.75 Å². The number of nitrogens with zero attached hydrogens (tertiary/aromatic N) is 1. The van der Waals surface area contributed by atoms with Crippen molar-refractivity contribution < 1.29 is 14.3 Å². The zero-order valence-corrected chi connectivity index (χ0v) is 15.1. The first-order valence-corrected chi connectivity index (χ1v) is 8.58. The van der Waals surface area contributed by atoms with Crippen LogP contribution in [0.3, 0.4) is 0 Å². The largest absolute Gasteiger partial charge is 0.489 e. The summed E-state index contributed by atoms with van der Waals surface area (Å²) < 4.78 is 5.68. The number of amides is 2. The van der Waals surface area contributed by atoms with Crippen molar-refractivity contribution in [2.24, 2.45) is 0 Å². The van der Waals surface area contributed by atoms with Gasteiger partial charge in [-0.15, -0.1) is 0 Å². The first-order chi connectivity index (χ1) is 12.5. The Morgan fingerprint density at radius 1 is 1.35 bits per heavy atom. The number of anilines is 1. The molecule has 0 aromatic heterocycles. The molecule has 0 bridgehead atoms. The Morgan fingerprint density at radius 3 is 2.85 bits per heavy atom. The Hall–Kier alpha value is -2.79. The van der Waals surface area contributed by atoms with Crippen LogP contribution in [-0.2, 0) is 16.1 Å². The molecule has 1 atom stereocenters. The summed E-state index contributed by atoms with van der Waals surface area (Å²) in [5, 5.41) is 3.22. The molecular formula is C20H19ClN2O3. The minimum Gasteiger partial charge on any atom is -0.489 e. The minimum atomic E-state index is -0.734. The summed E-state index contributed by atoms with van der Waals surface area (Å²) in [6, 6.07) is 12.0. The van der Waals surface area contributed by atoms with Crippen LogP contribution in [0.4, 0.5) is 5.69 Å². The van der Waals surface area contributed by atoms with Gasteiger partial charge in [0, 0.05) is 28.8 Å². The van der Waals surface area contributed by atoms with Crippen molar-refractivity contribution in [2.75, 3.05) is 11.5 Å². The summed E-state index contributed by atoms with van der Waals surface area (Å²) >= 11 is 6.09. The van der Waals surface area contributed by atoms with Crippen LogP contribution in [0.2, 0.25) is 5.02 Å². The highest BCUT2D eigenvalue weighted by Gasteiger charge is 2.38. The fourth-order valence-electron chi connectivity index (χ4n) is 3.01. The lowest BCUT2D eigenvalue weighted by atomic mass is 10.1. The molecule has 134 valence electrons. The monoisotopic (exact) mass is 370 g/mol. The molecule has 26 heavy (non-hydrogen) atoms. The number of hydrogen-bond acceptors (Lipinski definition) is 3. The third-order valence-corrected chi connectivity index (χ3v) is 4.34. The molecule has 1 N–H and O–H groups in total. The van der Waals surface area contributed by atoms with E-state index in [0.717, 1.165) is 11.3 Å². The molecule has 0 aliphatic carbocycles. The first kappa shape index (κ1) is 18.0. The SMILES string of the molecule is C=CCOc1ccccc1CN1C(=O)[C@H](NC(C)=O)c2cc(Cl)ccc21. The minimum absolute atomic E-state index is 0.198. The topological polar surface area (TPSA) is 58.6 Å². The maximum Gasteiger partial charge on any atom is 0.254 e. The number of hydrogen-bond donors (Lipinski definition) is 1. The number of halogens is 1. The van der Waals surface area contributed by atoms with Crippen molar-refractivity contribution in [3.8, 4) is 5.75 Å². The fourth-order valence-corrected chi connectivity index (χ4v) is 3.19. The van der Waals surface area contributed by atoms with Gasteiger partial charge < -0.3 is 15.0 Å². The molecule has 0 saturated carbocycles. The van der Waals surface area contributed by atoms with Gasteiger partial charge in [-0.25, -0.2) is 0 Å². The van der Waals surface area contributed by atoms with Crippen LogP contribution in [0.25, 0.3) is 0 Å². The van der Waals surface area contributed by atoms with E-state index in [0.29, 0.717) is 29.5 Å². The summed E-state index contributed by atoms with van der Waals surface area (Å²) in [6.45, 7) is 5.75. The average molecular weight is 371 g/mol. The van der Waals surface area contributed by atoms with E-state index >= 15 is 0 Å². The summed E-state index contributed by atoms with van der Waals surface area (Å²) in [7, 11) is 0. The third-order valence-electron chi connectivity index (χ3n) is 4.11. The van der Waals surface area contributed by atoms with Gasteiger partial charge in [0.05, 0.1) is 6.54 Å². The van der Waals surface area contributed by atoms with Gasteiger partial charge in [0.15, 0.2) is 0 Å². The smallest absolute Gasteiger partial charge is 0.254 e. The van der Waals surface area contributed by atoms with E-state index in [1.807, 2.05) is 24.3 Å². The lowest BCUT2D eigenvalue weighted by Gasteiger charge is -2.20. The third kappa shape index (κ3) is 3.58. The van der Waals surface area contributed by atoms with E-state index in [1.54, 1.807) is 29.2 Å². The van der Waals surface area contributed by atoms with Gasteiger partial charge in [-0.05, 0) is 24.3 Å². The molecule has 0 spiro atoms. The predicted octanol–water partition coefficient (Wildman–Crippen LogP) is 3.63. The number of carbonyl (C=O) groups is 2. The van der Waals surface area contributed by atoms with Crippen molar-refractivity contribution >= 4 is 29.1 Å². The summed E-state index contributed by atoms with van der Waals surface area (Å²) in [5.41, 5.74) is 2.30. The molecule has 6 heteroatoms. The maximum absolute atomic E-state index is 13.0. The normalized spacial score (nSPS) is 15.5. The number of benzene rings is 2. The average Bonchev–Trinajstić information content (AvgIpc) is 2.86. The second-order valence-corrected chi connectivity index (χ2v) is 6.40. The second kappa shape index (κ2) is 7.62. The molecule has 0 radical (unpaired) electrons. The van der Waals surface area contributed by atoms with Gasteiger partial charge in [-0.2, -0.15) is 0 Å². The van der Waals surface area contributed by atoms with E-state index in [-0.39, 0.29) is 11.8 Å². The summed E-state index contributed by atoms with van der Waals surface area (Å²) in [5.74, 6) is 0.223. The van der Waals surface area contributed by atoms with Crippen molar-refractivity contribution in [1.29, 1.82) is 0 Å². The molecule has 0 saturated heterocycles. The molecule has 0 fully saturated rings. The van der Waals surface area contributed by atoms with Crippen LogP contribution in [0.15, 0.2) is 55.1 Å². The molecule has 3 rings (SSSR count). The summed E-state index contributed by atoms with van der Waals surface area (Å²) in [6.07, 6.45) is 1.67. The van der Waals surface area contributed by atoms with Gasteiger partial charge in [0.25, 0.3) is 5.91 Å². The zero-order valence-electron chi connectivity index (χ0n) is 14.4.